The summed E-state index contributed by atoms with van der Waals surface area (Å²) in [4.78, 5) is 21.1. The first kappa shape index (κ1) is 23.6. The van der Waals surface area contributed by atoms with E-state index in [0.717, 1.165) is 50.2 Å². The molecule has 9 heteroatoms. The average Bonchev–Trinajstić information content (AvgIpc) is 3.52. The molecule has 0 radical (unpaired) electrons. The number of rotatable bonds is 4. The molecule has 1 aliphatic heterocycles. The Kier molecular flexibility index (Phi) is 5.56. The minimum atomic E-state index is -0.510. The highest BCUT2D eigenvalue weighted by Gasteiger charge is 2.27. The van der Waals surface area contributed by atoms with E-state index in [9.17, 15) is 9.18 Å². The van der Waals surface area contributed by atoms with Crippen LogP contribution in [-0.2, 0) is 4.79 Å². The quantitative estimate of drug-likeness (QED) is 0.226. The van der Waals surface area contributed by atoms with Crippen LogP contribution in [0.25, 0.3) is 33.2 Å². The zero-order valence-electron chi connectivity index (χ0n) is 21.1. The highest BCUT2D eigenvalue weighted by Crippen LogP contribution is 2.42. The van der Waals surface area contributed by atoms with Crippen LogP contribution in [0.3, 0.4) is 0 Å². The lowest BCUT2D eigenvalue weighted by Crippen LogP contribution is -2.27. The van der Waals surface area contributed by atoms with E-state index < -0.39 is 5.41 Å². The van der Waals surface area contributed by atoms with Gasteiger partial charge in [0, 0.05) is 34.3 Å². The number of benzene rings is 2. The van der Waals surface area contributed by atoms with Gasteiger partial charge in [-0.25, -0.2) is 4.39 Å². The number of hydrogen-bond donors (Lipinski definition) is 4. The number of amides is 1. The maximum atomic E-state index is 13.9. The van der Waals surface area contributed by atoms with Crippen molar-refractivity contribution in [3.05, 3.63) is 84.8 Å². The van der Waals surface area contributed by atoms with Crippen LogP contribution in [0.5, 0.6) is 0 Å². The minimum Gasteiger partial charge on any atom is -0.358 e. The molecule has 0 bridgehead atoms. The van der Waals surface area contributed by atoms with Gasteiger partial charge in [0.25, 0.3) is 0 Å². The summed E-state index contributed by atoms with van der Waals surface area (Å²) >= 11 is 0. The van der Waals surface area contributed by atoms with Crippen LogP contribution in [-0.4, -0.2) is 26.1 Å². The van der Waals surface area contributed by atoms with Crippen molar-refractivity contribution in [2.45, 2.75) is 26.9 Å². The van der Waals surface area contributed by atoms with E-state index in [2.05, 4.69) is 42.2 Å². The Bertz CT molecular complexity index is 1690. The second kappa shape index (κ2) is 8.95. The van der Waals surface area contributed by atoms with Crippen molar-refractivity contribution in [3.8, 4) is 22.3 Å². The molecule has 0 fully saturated rings. The van der Waals surface area contributed by atoms with Gasteiger partial charge in [0.1, 0.15) is 12.0 Å². The number of carbonyl (C=O) groups is 1. The summed E-state index contributed by atoms with van der Waals surface area (Å²) in [5.41, 5.74) is 6.84. The molecule has 4 N–H and O–H groups in total. The summed E-state index contributed by atoms with van der Waals surface area (Å²) in [6.07, 6.45) is 6.59. The molecule has 3 aromatic heterocycles. The van der Waals surface area contributed by atoms with Crippen LogP contribution in [0.4, 0.5) is 21.5 Å². The van der Waals surface area contributed by atoms with Crippen molar-refractivity contribution in [1.29, 1.82) is 0 Å². The van der Waals surface area contributed by atoms with Crippen LogP contribution < -0.4 is 16.0 Å². The van der Waals surface area contributed by atoms with Crippen LogP contribution in [0.1, 0.15) is 32.6 Å². The van der Waals surface area contributed by atoms with Gasteiger partial charge in [0.2, 0.25) is 5.91 Å². The van der Waals surface area contributed by atoms with Crippen LogP contribution in [0, 0.1) is 11.2 Å². The molecule has 1 atom stereocenters. The largest absolute Gasteiger partial charge is 0.358 e. The molecular weight excluding hydrogens is 481 g/mol. The lowest BCUT2D eigenvalue weighted by Gasteiger charge is -2.17. The maximum Gasteiger partial charge on any atom is 0.229 e. The Morgan fingerprint density at radius 1 is 0.921 bits per heavy atom. The highest BCUT2D eigenvalue weighted by molar-refractivity contribution is 5.95. The van der Waals surface area contributed by atoms with E-state index >= 15 is 0 Å². The number of aromatic amines is 1. The number of carbonyl (C=O) groups excluding carboxylic acids is 1. The number of halogens is 1. The number of hydrogen-bond acceptors (Lipinski definition) is 6. The molecule has 6 rings (SSSR count). The second-order valence-corrected chi connectivity index (χ2v) is 10.4. The summed E-state index contributed by atoms with van der Waals surface area (Å²) in [5.74, 6) is -0.375. The zero-order valence-corrected chi connectivity index (χ0v) is 21.1. The molecule has 0 saturated heterocycles. The number of fused-ring (bicyclic) bond motifs is 2. The molecule has 5 aromatic rings. The first-order valence-corrected chi connectivity index (χ1v) is 12.3. The van der Waals surface area contributed by atoms with Gasteiger partial charge in [-0.1, -0.05) is 39.0 Å². The molecule has 2 aromatic carbocycles. The predicted molar refractivity (Wildman–Crippen MR) is 147 cm³/mol. The van der Waals surface area contributed by atoms with Gasteiger partial charge < -0.3 is 16.0 Å². The SMILES string of the molecule is CC(C)(C)C(=O)Nc1cncc(-c2ccc3n[nH]c(C4Nc5cncc(-c6cccc(F)c6)c5N4)c3c2)c1. The Morgan fingerprint density at radius 3 is 2.58 bits per heavy atom. The summed E-state index contributed by atoms with van der Waals surface area (Å²) in [6, 6.07) is 14.4. The van der Waals surface area contributed by atoms with Gasteiger partial charge in [-0.2, -0.15) is 5.10 Å². The Labute approximate surface area is 218 Å². The van der Waals surface area contributed by atoms with Crippen molar-refractivity contribution in [1.82, 2.24) is 20.2 Å². The molecular formula is C29H26FN7O. The zero-order chi connectivity index (χ0) is 26.4. The maximum absolute atomic E-state index is 13.9. The summed E-state index contributed by atoms with van der Waals surface area (Å²) in [5, 5.41) is 18.5. The molecule has 1 unspecified atom stereocenters. The molecule has 0 aliphatic carbocycles. The molecule has 0 spiro atoms. The van der Waals surface area contributed by atoms with Crippen LogP contribution >= 0.6 is 0 Å². The molecule has 1 amide bonds. The molecule has 38 heavy (non-hydrogen) atoms. The summed E-state index contributed by atoms with van der Waals surface area (Å²) in [6.45, 7) is 5.61. The third-order valence-electron chi connectivity index (χ3n) is 6.55. The molecule has 1 aliphatic rings. The first-order valence-electron chi connectivity index (χ1n) is 12.3. The second-order valence-electron chi connectivity index (χ2n) is 10.4. The fourth-order valence-electron chi connectivity index (χ4n) is 4.49. The summed E-state index contributed by atoms with van der Waals surface area (Å²) in [7, 11) is 0. The Morgan fingerprint density at radius 2 is 1.76 bits per heavy atom. The topological polar surface area (TPSA) is 108 Å². The van der Waals surface area contributed by atoms with Crippen molar-refractivity contribution in [2.24, 2.45) is 5.41 Å². The van der Waals surface area contributed by atoms with Gasteiger partial charge in [-0.3, -0.25) is 19.9 Å². The van der Waals surface area contributed by atoms with E-state index in [0.29, 0.717) is 5.69 Å². The van der Waals surface area contributed by atoms with Crippen molar-refractivity contribution in [2.75, 3.05) is 16.0 Å². The fourth-order valence-corrected chi connectivity index (χ4v) is 4.49. The molecule has 8 nitrogen and oxygen atoms in total. The van der Waals surface area contributed by atoms with Gasteiger partial charge in [-0.05, 0) is 41.5 Å². The number of nitrogens with one attached hydrogen (secondary N) is 4. The number of aromatic nitrogens is 4. The van der Waals surface area contributed by atoms with E-state index in [1.165, 1.54) is 12.1 Å². The average molecular weight is 508 g/mol. The van der Waals surface area contributed by atoms with E-state index in [-0.39, 0.29) is 17.9 Å². The van der Waals surface area contributed by atoms with Crippen molar-refractivity contribution in [3.63, 3.8) is 0 Å². The number of pyridine rings is 2. The lowest BCUT2D eigenvalue weighted by molar-refractivity contribution is -0.123. The third kappa shape index (κ3) is 4.32. The Hall–Kier alpha value is -4.79. The van der Waals surface area contributed by atoms with Gasteiger partial charge in [0.05, 0.1) is 40.7 Å². The monoisotopic (exact) mass is 507 g/mol. The predicted octanol–water partition coefficient (Wildman–Crippen LogP) is 6.35. The molecule has 4 heterocycles. The van der Waals surface area contributed by atoms with Crippen molar-refractivity contribution >= 4 is 33.9 Å². The lowest BCUT2D eigenvalue weighted by atomic mass is 9.95. The highest BCUT2D eigenvalue weighted by atomic mass is 19.1. The van der Waals surface area contributed by atoms with Crippen LogP contribution in [0.15, 0.2) is 73.3 Å². The van der Waals surface area contributed by atoms with E-state index in [1.54, 1.807) is 30.9 Å². The first-order chi connectivity index (χ1) is 18.3. The standard InChI is InChI=1S/C29H26FN7O/c1-29(2,3)28(38)33-20-10-18(12-31-13-20)16-7-8-23-21(11-16)26(37-36-23)27-34-24-15-32-14-22(25(24)35-27)17-5-4-6-19(30)9-17/h4-15,27,34-35H,1-3H3,(H,33,38)(H,36,37). The summed E-state index contributed by atoms with van der Waals surface area (Å²) < 4.78 is 13.9. The smallest absolute Gasteiger partial charge is 0.229 e. The van der Waals surface area contributed by atoms with E-state index in [4.69, 9.17) is 0 Å². The van der Waals surface area contributed by atoms with Crippen LogP contribution in [0.2, 0.25) is 0 Å². The number of nitrogens with zero attached hydrogens (tertiary/aromatic N) is 3. The van der Waals surface area contributed by atoms with Gasteiger partial charge in [-0.15, -0.1) is 0 Å². The molecule has 190 valence electrons. The van der Waals surface area contributed by atoms with Gasteiger partial charge >= 0.3 is 0 Å². The number of anilines is 3. The van der Waals surface area contributed by atoms with Crippen molar-refractivity contribution < 1.29 is 9.18 Å². The normalized spacial score (nSPS) is 14.6. The minimum absolute atomic E-state index is 0.0749. The molecule has 0 saturated carbocycles. The fraction of sp³-hybridized carbons (Fsp3) is 0.172. The Balaban J connectivity index is 1.32. The number of H-pyrrole nitrogens is 1. The van der Waals surface area contributed by atoms with Gasteiger partial charge in [0.15, 0.2) is 0 Å². The third-order valence-corrected chi connectivity index (χ3v) is 6.55. The van der Waals surface area contributed by atoms with E-state index in [1.807, 2.05) is 45.0 Å².